The molecule has 0 atom stereocenters. The van der Waals surface area contributed by atoms with E-state index in [1.807, 2.05) is 55.5 Å². The second-order valence-corrected chi connectivity index (χ2v) is 4.35. The van der Waals surface area contributed by atoms with Crippen LogP contribution < -0.4 is 16.4 Å². The third-order valence-electron chi connectivity index (χ3n) is 2.73. The van der Waals surface area contributed by atoms with Gasteiger partial charge in [-0.2, -0.15) is 0 Å². The topological polar surface area (TPSA) is 67.2 Å². The molecule has 0 radical (unpaired) electrons. The Labute approximate surface area is 112 Å². The largest absolute Gasteiger partial charge is 0.326 e. The summed E-state index contributed by atoms with van der Waals surface area (Å²) < 4.78 is 0. The van der Waals surface area contributed by atoms with Crippen LogP contribution in [-0.2, 0) is 6.54 Å². The van der Waals surface area contributed by atoms with E-state index >= 15 is 0 Å². The van der Waals surface area contributed by atoms with E-state index in [-0.39, 0.29) is 6.03 Å². The summed E-state index contributed by atoms with van der Waals surface area (Å²) in [6.07, 6.45) is 0. The molecule has 98 valence electrons. The van der Waals surface area contributed by atoms with E-state index in [1.54, 1.807) is 0 Å². The Morgan fingerprint density at radius 2 is 1.74 bits per heavy atom. The fourth-order valence-corrected chi connectivity index (χ4v) is 1.71. The summed E-state index contributed by atoms with van der Waals surface area (Å²) in [6, 6.07) is 14.8. The Morgan fingerprint density at radius 3 is 2.42 bits per heavy atom. The van der Waals surface area contributed by atoms with Crippen molar-refractivity contribution in [3.8, 4) is 0 Å². The molecule has 0 aliphatic heterocycles. The highest BCUT2D eigenvalue weighted by Crippen LogP contribution is 2.12. The van der Waals surface area contributed by atoms with E-state index in [4.69, 9.17) is 5.73 Å². The lowest BCUT2D eigenvalue weighted by molar-refractivity contribution is 0.262. The van der Waals surface area contributed by atoms with Crippen LogP contribution in [0.3, 0.4) is 0 Å². The minimum Gasteiger partial charge on any atom is -0.326 e. The van der Waals surface area contributed by atoms with Gasteiger partial charge in [-0.25, -0.2) is 4.79 Å². The van der Waals surface area contributed by atoms with Gasteiger partial charge in [-0.1, -0.05) is 29.8 Å². The molecule has 0 unspecified atom stereocenters. The molecule has 0 saturated carbocycles. The van der Waals surface area contributed by atoms with Gasteiger partial charge in [-0.15, -0.1) is 0 Å². The maximum absolute atomic E-state index is 11.8. The number of rotatable bonds is 3. The molecule has 0 aromatic heterocycles. The van der Waals surface area contributed by atoms with Crippen molar-refractivity contribution in [3.63, 3.8) is 0 Å². The van der Waals surface area contributed by atoms with Gasteiger partial charge < -0.3 is 16.4 Å². The Morgan fingerprint density at radius 1 is 1.05 bits per heavy atom. The number of nitrogens with one attached hydrogen (secondary N) is 2. The quantitative estimate of drug-likeness (QED) is 0.789. The zero-order valence-electron chi connectivity index (χ0n) is 10.8. The fourth-order valence-electron chi connectivity index (χ4n) is 1.71. The summed E-state index contributed by atoms with van der Waals surface area (Å²) in [5.41, 5.74) is 9.18. The van der Waals surface area contributed by atoms with Crippen LogP contribution in [0.25, 0.3) is 0 Å². The van der Waals surface area contributed by atoms with Crippen molar-refractivity contribution >= 4 is 17.4 Å². The zero-order valence-corrected chi connectivity index (χ0v) is 10.8. The summed E-state index contributed by atoms with van der Waals surface area (Å²) in [6.45, 7) is 2.46. The van der Waals surface area contributed by atoms with E-state index < -0.39 is 0 Å². The van der Waals surface area contributed by atoms with Crippen molar-refractivity contribution in [1.82, 2.24) is 0 Å². The maximum atomic E-state index is 11.8. The molecule has 2 rings (SSSR count). The van der Waals surface area contributed by atoms with Gasteiger partial charge in [-0.3, -0.25) is 0 Å². The minimum absolute atomic E-state index is 0.266. The van der Waals surface area contributed by atoms with Gasteiger partial charge in [0.25, 0.3) is 0 Å². The van der Waals surface area contributed by atoms with Crippen molar-refractivity contribution in [2.45, 2.75) is 13.5 Å². The highest BCUT2D eigenvalue weighted by Gasteiger charge is 2.02. The first-order valence-electron chi connectivity index (χ1n) is 6.11. The van der Waals surface area contributed by atoms with Crippen molar-refractivity contribution in [2.75, 3.05) is 10.6 Å². The Balaban J connectivity index is 1.99. The molecular weight excluding hydrogens is 238 g/mol. The predicted octanol–water partition coefficient (Wildman–Crippen LogP) is 3.10. The lowest BCUT2D eigenvalue weighted by Crippen LogP contribution is -2.19. The van der Waals surface area contributed by atoms with Crippen LogP contribution in [0.5, 0.6) is 0 Å². The number of carbonyl (C=O) groups is 1. The van der Waals surface area contributed by atoms with Gasteiger partial charge in [-0.05, 0) is 36.8 Å². The number of nitrogens with two attached hydrogens (primary N) is 1. The number of anilines is 2. The Kier molecular flexibility index (Phi) is 4.15. The molecule has 2 aromatic rings. The number of hydrogen-bond acceptors (Lipinski definition) is 2. The fraction of sp³-hybridized carbons (Fsp3) is 0.133. The third kappa shape index (κ3) is 3.82. The Bertz CT molecular complexity index is 564. The molecule has 0 bridgehead atoms. The zero-order chi connectivity index (χ0) is 13.7. The molecule has 0 aliphatic carbocycles. The van der Waals surface area contributed by atoms with E-state index in [0.29, 0.717) is 6.54 Å². The molecule has 4 heteroatoms. The number of urea groups is 1. The van der Waals surface area contributed by atoms with Crippen molar-refractivity contribution in [1.29, 1.82) is 0 Å². The lowest BCUT2D eigenvalue weighted by atomic mass is 10.2. The minimum atomic E-state index is -0.266. The first-order valence-corrected chi connectivity index (χ1v) is 6.11. The molecule has 4 nitrogen and oxygen atoms in total. The molecule has 2 aromatic carbocycles. The summed E-state index contributed by atoms with van der Waals surface area (Å²) in [5, 5.41) is 5.55. The monoisotopic (exact) mass is 255 g/mol. The second-order valence-electron chi connectivity index (χ2n) is 4.35. The average Bonchev–Trinajstić information content (AvgIpc) is 2.41. The van der Waals surface area contributed by atoms with E-state index in [9.17, 15) is 4.79 Å². The predicted molar refractivity (Wildman–Crippen MR) is 78.2 cm³/mol. The molecule has 0 fully saturated rings. The van der Waals surface area contributed by atoms with Crippen LogP contribution in [0.4, 0.5) is 16.2 Å². The number of carbonyl (C=O) groups excluding carboxylic acids is 1. The number of hydrogen-bond donors (Lipinski definition) is 3. The van der Waals surface area contributed by atoms with E-state index in [0.717, 1.165) is 22.5 Å². The standard InChI is InChI=1S/C15H17N3O/c1-11-5-7-13(8-6-11)17-15(19)18-14-4-2-3-12(9-14)10-16/h2-9H,10,16H2,1H3,(H2,17,18,19). The molecule has 0 saturated heterocycles. The van der Waals surface area contributed by atoms with E-state index in [2.05, 4.69) is 10.6 Å². The van der Waals surface area contributed by atoms with Crippen LogP contribution >= 0.6 is 0 Å². The lowest BCUT2D eigenvalue weighted by Gasteiger charge is -2.08. The molecule has 0 aliphatic rings. The number of aryl methyl sites for hydroxylation is 1. The highest BCUT2D eigenvalue weighted by atomic mass is 16.2. The van der Waals surface area contributed by atoms with Gasteiger partial charge in [0.05, 0.1) is 0 Å². The summed E-state index contributed by atoms with van der Waals surface area (Å²) in [5.74, 6) is 0. The Hall–Kier alpha value is -2.33. The number of benzene rings is 2. The van der Waals surface area contributed by atoms with Crippen molar-refractivity contribution in [2.24, 2.45) is 5.73 Å². The van der Waals surface area contributed by atoms with E-state index in [1.165, 1.54) is 0 Å². The number of amides is 2. The van der Waals surface area contributed by atoms with Gasteiger partial charge in [0.2, 0.25) is 0 Å². The van der Waals surface area contributed by atoms with Crippen molar-refractivity contribution in [3.05, 3.63) is 59.7 Å². The second kappa shape index (κ2) is 6.02. The molecule has 2 amide bonds. The van der Waals surface area contributed by atoms with Crippen LogP contribution in [0, 0.1) is 6.92 Å². The van der Waals surface area contributed by atoms with Gasteiger partial charge in [0.15, 0.2) is 0 Å². The SMILES string of the molecule is Cc1ccc(NC(=O)Nc2cccc(CN)c2)cc1. The van der Waals surface area contributed by atoms with Crippen LogP contribution in [0.15, 0.2) is 48.5 Å². The normalized spacial score (nSPS) is 10.0. The molecule has 0 spiro atoms. The van der Waals surface area contributed by atoms with Gasteiger partial charge in [0.1, 0.15) is 0 Å². The van der Waals surface area contributed by atoms with Crippen LogP contribution in [0.2, 0.25) is 0 Å². The first kappa shape index (κ1) is 13.1. The molecule has 4 N–H and O–H groups in total. The van der Waals surface area contributed by atoms with Gasteiger partial charge >= 0.3 is 6.03 Å². The van der Waals surface area contributed by atoms with Crippen LogP contribution in [0.1, 0.15) is 11.1 Å². The summed E-state index contributed by atoms with van der Waals surface area (Å²) >= 11 is 0. The van der Waals surface area contributed by atoms with Crippen LogP contribution in [-0.4, -0.2) is 6.03 Å². The van der Waals surface area contributed by atoms with Gasteiger partial charge in [0, 0.05) is 17.9 Å². The smallest absolute Gasteiger partial charge is 0.323 e. The van der Waals surface area contributed by atoms with Crippen molar-refractivity contribution < 1.29 is 4.79 Å². The maximum Gasteiger partial charge on any atom is 0.323 e. The summed E-state index contributed by atoms with van der Waals surface area (Å²) in [4.78, 5) is 11.8. The average molecular weight is 255 g/mol. The highest BCUT2D eigenvalue weighted by molar-refractivity contribution is 5.99. The first-order chi connectivity index (χ1) is 9.17. The summed E-state index contributed by atoms with van der Waals surface area (Å²) in [7, 11) is 0. The molecule has 0 heterocycles. The molecular formula is C15H17N3O. The molecule has 19 heavy (non-hydrogen) atoms. The third-order valence-corrected chi connectivity index (χ3v) is 2.73.